The number of amides is 4. The molecule has 3 aliphatic heterocycles. The first-order valence-corrected chi connectivity index (χ1v) is 22.9. The van der Waals surface area contributed by atoms with Gasteiger partial charge in [-0.1, -0.05) is 26.0 Å². The number of hydrogen-bond acceptors (Lipinski definition) is 12. The number of halogens is 4. The molecule has 0 radical (unpaired) electrons. The molecule has 2 saturated heterocycles. The molecule has 2 aliphatic carbocycles. The van der Waals surface area contributed by atoms with Gasteiger partial charge >= 0.3 is 12.3 Å². The van der Waals surface area contributed by atoms with E-state index < -0.39 is 50.6 Å². The number of nitrogens with one attached hydrogen (secondary N) is 2. The molecule has 4 N–H and O–H groups in total. The quantitative estimate of drug-likeness (QED) is 0.153. The standard InChI is InChI=1S/C33H43FN4O5.C5H8F3NO2.C5H9NO3S.3H2/c1-20-6-4-5-7-22-14-27(22)36-32(40)28-15-23(19-38(28)31(39)13-21(2)12-20)43-33-25-16-26(34)30(41-3)17-24(25)29(18-35-33)37-8-10-42-11-9-37;1-4(2,5(6,7)8)11-3(9)10;1-5(2-3-5)10(8,9)6-4-7;;;/h5,7,16-18,20-23,27-28H,4,6,8-15,19H2,1-3H3,(H,36,40);1-2H3,(H2,9,10);4H,2-3H2,1H3,(H,6,7);3*1H/b7-5-;;;;;/t20-,21-,22-,23-,27-,28+;;;;;/m1...../s1. The van der Waals surface area contributed by atoms with Gasteiger partial charge in [-0.05, 0) is 89.2 Å². The first-order chi connectivity index (χ1) is 30.0. The Morgan fingerprint density at radius 1 is 1.09 bits per heavy atom. The Balaban J connectivity index is 0.000000534. The molecule has 6 atom stereocenters. The minimum absolute atomic E-state index is 0. The number of primary amides is 1. The van der Waals surface area contributed by atoms with Crippen molar-refractivity contribution in [3.05, 3.63) is 36.3 Å². The molecule has 2 aromatic rings. The first kappa shape index (κ1) is 50.1. The summed E-state index contributed by atoms with van der Waals surface area (Å²) in [6.45, 7) is 10.3. The van der Waals surface area contributed by atoms with Crippen molar-refractivity contribution in [2.75, 3.05) is 44.9 Å². The predicted molar refractivity (Wildman–Crippen MR) is 235 cm³/mol. The summed E-state index contributed by atoms with van der Waals surface area (Å²) >= 11 is 0. The maximum Gasteiger partial charge on any atom is 0.427 e. The van der Waals surface area contributed by atoms with Crippen LogP contribution >= 0.6 is 0 Å². The number of carbonyl (C=O) groups is 4. The van der Waals surface area contributed by atoms with E-state index in [9.17, 15) is 40.8 Å². The Morgan fingerprint density at radius 2 is 1.78 bits per heavy atom. The molecule has 7 rings (SSSR count). The van der Waals surface area contributed by atoms with E-state index in [1.807, 2.05) is 4.72 Å². The molecule has 1 aromatic carbocycles. The average molecular weight is 935 g/mol. The number of morpholine rings is 1. The second kappa shape index (κ2) is 20.5. The van der Waals surface area contributed by atoms with E-state index in [1.165, 1.54) is 13.2 Å². The Morgan fingerprint density at radius 3 is 2.38 bits per heavy atom. The van der Waals surface area contributed by atoms with Gasteiger partial charge in [-0.15, -0.1) is 0 Å². The Bertz CT molecular complexity index is 2170. The number of alkyl halides is 3. The maximum absolute atomic E-state index is 15.0. The summed E-state index contributed by atoms with van der Waals surface area (Å²) in [6, 6.07) is 2.57. The lowest BCUT2D eigenvalue weighted by molar-refractivity contribution is -0.243. The van der Waals surface area contributed by atoms with E-state index in [2.05, 4.69) is 51.7 Å². The molecule has 1 aromatic heterocycles. The SMILES string of the molecule is CC(C)(OC(N)=O)C(F)(F)F.CC1(S(=O)(=O)NC=O)CC1.COc1cc2c(N3CCOCC3)cnc(O[C@@H]3C[C@H]4C(=O)N[C@@H]5C[C@H]5/C=C\CC[C@@H](C)C[C@@H](C)CC(=O)N4C3)c2cc1F.[HH].[HH].[HH]. The number of nitrogens with two attached hydrogens (primary N) is 1. The summed E-state index contributed by atoms with van der Waals surface area (Å²) in [6.07, 6.45) is 6.00. The molecule has 4 fully saturated rings. The monoisotopic (exact) mass is 934 g/mol. The number of allylic oxidation sites excluding steroid dienone is 1. The number of ether oxygens (including phenoxy) is 4. The van der Waals surface area contributed by atoms with Gasteiger partial charge in [0.05, 0.1) is 43.5 Å². The minimum Gasteiger partial charge on any atom is -0.494 e. The highest BCUT2D eigenvalue weighted by atomic mass is 32.2. The fraction of sp³-hybridized carbons (Fsp3) is 0.651. The van der Waals surface area contributed by atoms with Crippen LogP contribution in [0.2, 0.25) is 0 Å². The lowest BCUT2D eigenvalue weighted by Crippen LogP contribution is -2.47. The number of benzene rings is 1. The van der Waals surface area contributed by atoms with Crippen LogP contribution in [0, 0.1) is 23.6 Å². The van der Waals surface area contributed by atoms with Crippen LogP contribution in [0.1, 0.15) is 90.3 Å². The van der Waals surface area contributed by atoms with Gasteiger partial charge in [-0.3, -0.25) is 19.1 Å². The lowest BCUT2D eigenvalue weighted by Gasteiger charge is -2.30. The molecule has 0 bridgehead atoms. The fourth-order valence-corrected chi connectivity index (χ4v) is 8.91. The normalized spacial score (nSPS) is 26.4. The summed E-state index contributed by atoms with van der Waals surface area (Å²) in [5, 5.41) is 4.47. The molecule has 21 heteroatoms. The van der Waals surface area contributed by atoms with Crippen LogP contribution in [0.3, 0.4) is 0 Å². The van der Waals surface area contributed by atoms with Crippen molar-refractivity contribution in [2.24, 2.45) is 23.5 Å². The van der Waals surface area contributed by atoms with Crippen LogP contribution in [-0.2, 0) is 33.9 Å². The van der Waals surface area contributed by atoms with E-state index in [-0.39, 0.29) is 52.6 Å². The van der Waals surface area contributed by atoms with Crippen LogP contribution < -0.4 is 30.1 Å². The van der Waals surface area contributed by atoms with E-state index in [0.717, 1.165) is 50.6 Å². The Hall–Kier alpha value is -4.92. The molecular weight excluding hydrogens is 869 g/mol. The largest absolute Gasteiger partial charge is 0.494 e. The Labute approximate surface area is 375 Å². The molecule has 362 valence electrons. The molecule has 0 spiro atoms. The third kappa shape index (κ3) is 12.7. The van der Waals surface area contributed by atoms with Gasteiger partial charge in [0.1, 0.15) is 12.1 Å². The van der Waals surface area contributed by atoms with Gasteiger partial charge < -0.3 is 39.8 Å². The Kier molecular flexibility index (Phi) is 16.0. The molecule has 4 heterocycles. The van der Waals surface area contributed by atoms with Gasteiger partial charge in [0.15, 0.2) is 11.6 Å². The van der Waals surface area contributed by atoms with E-state index >= 15 is 4.39 Å². The van der Waals surface area contributed by atoms with E-state index in [4.69, 9.17) is 14.2 Å². The average Bonchev–Trinajstić information content (AvgIpc) is 4.11. The van der Waals surface area contributed by atoms with Crippen molar-refractivity contribution in [2.45, 2.75) is 121 Å². The van der Waals surface area contributed by atoms with Crippen LogP contribution in [-0.4, -0.2) is 117 Å². The molecule has 16 nitrogen and oxygen atoms in total. The van der Waals surface area contributed by atoms with Crippen molar-refractivity contribution in [3.8, 4) is 11.6 Å². The van der Waals surface area contributed by atoms with Crippen molar-refractivity contribution in [1.29, 1.82) is 0 Å². The number of nitrogens with zero attached hydrogens (tertiary/aromatic N) is 3. The highest BCUT2D eigenvalue weighted by Gasteiger charge is 2.51. The topological polar surface area (TPSA) is 209 Å². The number of fused-ring (bicyclic) bond motifs is 3. The fourth-order valence-electron chi connectivity index (χ4n) is 7.86. The number of rotatable bonds is 8. The molecule has 0 unspecified atom stereocenters. The molecule has 5 aliphatic rings. The van der Waals surface area contributed by atoms with Crippen molar-refractivity contribution < 1.29 is 68.4 Å². The summed E-state index contributed by atoms with van der Waals surface area (Å²) < 4.78 is 94.7. The van der Waals surface area contributed by atoms with Gasteiger partial charge in [0.25, 0.3) is 0 Å². The molecule has 2 saturated carbocycles. The van der Waals surface area contributed by atoms with Crippen LogP contribution in [0.5, 0.6) is 11.6 Å². The number of methoxy groups -OCH3 is 1. The molecular formula is C43H66F4N6O10S. The van der Waals surface area contributed by atoms with E-state index in [0.29, 0.717) is 69.2 Å². The number of hydrogen-bond donors (Lipinski definition) is 3. The summed E-state index contributed by atoms with van der Waals surface area (Å²) in [5.41, 5.74) is 2.75. The smallest absolute Gasteiger partial charge is 0.427 e. The second-order valence-corrected chi connectivity index (χ2v) is 20.1. The maximum atomic E-state index is 15.0. The molecule has 64 heavy (non-hydrogen) atoms. The zero-order chi connectivity index (χ0) is 47.2. The summed E-state index contributed by atoms with van der Waals surface area (Å²) in [5.74, 6) is 0.851. The zero-order valence-electron chi connectivity index (χ0n) is 37.0. The van der Waals surface area contributed by atoms with Gasteiger partial charge in [-0.2, -0.15) is 13.2 Å². The highest BCUT2D eigenvalue weighted by molar-refractivity contribution is 7.91. The van der Waals surface area contributed by atoms with Crippen molar-refractivity contribution >= 4 is 50.8 Å². The van der Waals surface area contributed by atoms with Crippen molar-refractivity contribution in [1.82, 2.24) is 19.9 Å². The number of sulfonamides is 1. The van der Waals surface area contributed by atoms with Gasteiger partial charge in [0.2, 0.25) is 39.7 Å². The zero-order valence-corrected chi connectivity index (χ0v) is 37.9. The van der Waals surface area contributed by atoms with Crippen molar-refractivity contribution in [3.63, 3.8) is 0 Å². The van der Waals surface area contributed by atoms with Gasteiger partial charge in [-0.25, -0.2) is 22.6 Å². The third-order valence-electron chi connectivity index (χ3n) is 12.2. The summed E-state index contributed by atoms with van der Waals surface area (Å²) in [4.78, 5) is 55.4. The van der Waals surface area contributed by atoms with E-state index in [1.54, 1.807) is 24.1 Å². The highest BCUT2D eigenvalue weighted by Crippen LogP contribution is 2.42. The van der Waals surface area contributed by atoms with Gasteiger partial charge in [0, 0.05) is 47.0 Å². The third-order valence-corrected chi connectivity index (χ3v) is 14.3. The number of carbonyl (C=O) groups excluding carboxylic acids is 4. The van der Waals surface area contributed by atoms with Crippen LogP contribution in [0.4, 0.5) is 28.0 Å². The number of anilines is 1. The molecule has 4 amide bonds. The number of pyridine rings is 1. The van der Waals surface area contributed by atoms with Crippen LogP contribution in [0.25, 0.3) is 10.8 Å². The lowest BCUT2D eigenvalue weighted by atomic mass is 9.91. The summed E-state index contributed by atoms with van der Waals surface area (Å²) in [7, 11) is -1.91. The second-order valence-electron chi connectivity index (χ2n) is 17.9. The van der Waals surface area contributed by atoms with Crippen LogP contribution in [0.15, 0.2) is 30.5 Å². The minimum atomic E-state index is -4.60. The first-order valence-electron chi connectivity index (χ1n) is 21.4. The number of aromatic nitrogens is 1. The predicted octanol–water partition coefficient (Wildman–Crippen LogP) is 6.25.